The van der Waals surface area contributed by atoms with Gasteiger partial charge in [-0.1, -0.05) is 25.1 Å². The molecule has 0 spiro atoms. The molecular formula is C16H24N2O4. The number of amides is 2. The minimum Gasteiger partial charge on any atom is -0.492 e. The highest BCUT2D eigenvalue weighted by Gasteiger charge is 2.12. The standard InChI is InChI=1S/C16H24N2O4/c1-4-18(12-15(19)17-16(20)21-5-2)10-11-22-14-9-7-6-8-13(14)3/h6-9H,4-5,10-12H2,1-3H3,(H,17,19,20). The molecule has 1 aromatic rings. The van der Waals surface area contributed by atoms with E-state index in [9.17, 15) is 9.59 Å². The summed E-state index contributed by atoms with van der Waals surface area (Å²) in [7, 11) is 0. The summed E-state index contributed by atoms with van der Waals surface area (Å²) in [5.74, 6) is 0.464. The molecule has 0 bridgehead atoms. The molecule has 0 aromatic heterocycles. The molecule has 0 atom stereocenters. The van der Waals surface area contributed by atoms with Gasteiger partial charge in [-0.25, -0.2) is 4.79 Å². The van der Waals surface area contributed by atoms with Gasteiger partial charge in [-0.2, -0.15) is 0 Å². The van der Waals surface area contributed by atoms with Crippen LogP contribution in [0, 0.1) is 6.92 Å². The predicted octanol–water partition coefficient (Wildman–Crippen LogP) is 1.97. The molecule has 0 heterocycles. The fourth-order valence-corrected chi connectivity index (χ4v) is 1.88. The molecule has 1 aromatic carbocycles. The summed E-state index contributed by atoms with van der Waals surface area (Å²) in [6.45, 7) is 7.75. The lowest BCUT2D eigenvalue weighted by Crippen LogP contribution is -2.41. The summed E-state index contributed by atoms with van der Waals surface area (Å²) in [6.07, 6.45) is -0.709. The number of carbonyl (C=O) groups is 2. The van der Waals surface area contributed by atoms with Crippen molar-refractivity contribution in [2.45, 2.75) is 20.8 Å². The van der Waals surface area contributed by atoms with Crippen molar-refractivity contribution in [3.05, 3.63) is 29.8 Å². The summed E-state index contributed by atoms with van der Waals surface area (Å²) in [5.41, 5.74) is 1.07. The van der Waals surface area contributed by atoms with E-state index in [1.165, 1.54) is 0 Å². The Balaban J connectivity index is 2.34. The van der Waals surface area contributed by atoms with E-state index in [0.29, 0.717) is 19.7 Å². The number of likely N-dealkylation sites (N-methyl/N-ethyl adjacent to an activating group) is 1. The first kappa shape index (κ1) is 18.0. The quantitative estimate of drug-likeness (QED) is 0.795. The Labute approximate surface area is 131 Å². The zero-order valence-corrected chi connectivity index (χ0v) is 13.4. The SMILES string of the molecule is CCOC(=O)NC(=O)CN(CC)CCOc1ccccc1C. The number of nitrogens with one attached hydrogen (secondary N) is 1. The van der Waals surface area contributed by atoms with Gasteiger partial charge in [0.05, 0.1) is 13.2 Å². The van der Waals surface area contributed by atoms with E-state index in [1.54, 1.807) is 6.92 Å². The maximum atomic E-state index is 11.7. The number of alkyl carbamates (subject to hydrolysis) is 1. The lowest BCUT2D eigenvalue weighted by atomic mass is 10.2. The molecule has 2 amide bonds. The largest absolute Gasteiger partial charge is 0.492 e. The summed E-state index contributed by atoms with van der Waals surface area (Å²) < 4.78 is 10.4. The molecule has 1 rings (SSSR count). The van der Waals surface area contributed by atoms with Crippen LogP contribution in [0.3, 0.4) is 0 Å². The van der Waals surface area contributed by atoms with E-state index in [2.05, 4.69) is 10.1 Å². The van der Waals surface area contributed by atoms with Gasteiger partial charge in [0.15, 0.2) is 0 Å². The number of para-hydroxylation sites is 1. The van der Waals surface area contributed by atoms with Crippen LogP contribution in [0.1, 0.15) is 19.4 Å². The molecule has 0 fully saturated rings. The summed E-state index contributed by atoms with van der Waals surface area (Å²) in [6, 6.07) is 7.78. The third-order valence-corrected chi connectivity index (χ3v) is 3.09. The third kappa shape index (κ3) is 6.58. The van der Waals surface area contributed by atoms with Gasteiger partial charge in [-0.3, -0.25) is 15.0 Å². The number of rotatable bonds is 8. The van der Waals surface area contributed by atoms with Gasteiger partial charge in [0.2, 0.25) is 5.91 Å². The first-order valence-corrected chi connectivity index (χ1v) is 7.44. The molecule has 0 aliphatic rings. The van der Waals surface area contributed by atoms with E-state index in [0.717, 1.165) is 11.3 Å². The fraction of sp³-hybridized carbons (Fsp3) is 0.500. The van der Waals surface area contributed by atoms with Crippen LogP contribution in [0.4, 0.5) is 4.79 Å². The topological polar surface area (TPSA) is 67.9 Å². The lowest BCUT2D eigenvalue weighted by molar-refractivity contribution is -0.121. The van der Waals surface area contributed by atoms with Gasteiger partial charge in [-0.15, -0.1) is 0 Å². The summed E-state index contributed by atoms with van der Waals surface area (Å²) in [5, 5.41) is 2.18. The third-order valence-electron chi connectivity index (χ3n) is 3.09. The Morgan fingerprint density at radius 2 is 1.95 bits per heavy atom. The zero-order valence-electron chi connectivity index (χ0n) is 13.4. The number of carbonyl (C=O) groups excluding carboxylic acids is 2. The number of benzene rings is 1. The van der Waals surface area contributed by atoms with Crippen molar-refractivity contribution in [1.29, 1.82) is 0 Å². The molecule has 1 N–H and O–H groups in total. The molecule has 0 aliphatic carbocycles. The van der Waals surface area contributed by atoms with Crippen LogP contribution in [0.25, 0.3) is 0 Å². The number of hydrogen-bond acceptors (Lipinski definition) is 5. The Kier molecular flexibility index (Phi) is 7.99. The van der Waals surface area contributed by atoms with Crippen LogP contribution in [0.2, 0.25) is 0 Å². The normalized spacial score (nSPS) is 10.4. The minimum atomic E-state index is -0.709. The highest BCUT2D eigenvalue weighted by molar-refractivity contribution is 5.92. The monoisotopic (exact) mass is 308 g/mol. The van der Waals surface area contributed by atoms with E-state index in [1.807, 2.05) is 43.0 Å². The van der Waals surface area contributed by atoms with E-state index in [4.69, 9.17) is 4.74 Å². The van der Waals surface area contributed by atoms with Crippen molar-refractivity contribution in [2.75, 3.05) is 32.8 Å². The molecule has 0 saturated heterocycles. The maximum absolute atomic E-state index is 11.7. The number of imide groups is 1. The van der Waals surface area contributed by atoms with E-state index in [-0.39, 0.29) is 19.1 Å². The smallest absolute Gasteiger partial charge is 0.413 e. The van der Waals surface area contributed by atoms with Gasteiger partial charge in [0.25, 0.3) is 0 Å². The summed E-state index contributed by atoms with van der Waals surface area (Å²) >= 11 is 0. The van der Waals surface area contributed by atoms with Gasteiger partial charge >= 0.3 is 6.09 Å². The molecule has 122 valence electrons. The van der Waals surface area contributed by atoms with E-state index >= 15 is 0 Å². The van der Waals surface area contributed by atoms with Gasteiger partial charge in [0.1, 0.15) is 12.4 Å². The summed E-state index contributed by atoms with van der Waals surface area (Å²) in [4.78, 5) is 24.7. The lowest BCUT2D eigenvalue weighted by Gasteiger charge is -2.20. The fourth-order valence-electron chi connectivity index (χ4n) is 1.88. The highest BCUT2D eigenvalue weighted by Crippen LogP contribution is 2.15. The minimum absolute atomic E-state index is 0.131. The molecule has 22 heavy (non-hydrogen) atoms. The number of hydrogen-bond donors (Lipinski definition) is 1. The van der Waals surface area contributed by atoms with Crippen molar-refractivity contribution in [2.24, 2.45) is 0 Å². The Hall–Kier alpha value is -2.08. The second-order valence-corrected chi connectivity index (χ2v) is 4.75. The number of nitrogens with zero attached hydrogens (tertiary/aromatic N) is 1. The van der Waals surface area contributed by atoms with Crippen molar-refractivity contribution >= 4 is 12.0 Å². The first-order valence-electron chi connectivity index (χ1n) is 7.44. The molecule has 0 aliphatic heterocycles. The highest BCUT2D eigenvalue weighted by atomic mass is 16.5. The molecule has 6 heteroatoms. The maximum Gasteiger partial charge on any atom is 0.413 e. The molecule has 0 saturated carbocycles. The van der Waals surface area contributed by atoms with Gasteiger partial charge in [0, 0.05) is 6.54 Å². The first-order chi connectivity index (χ1) is 10.6. The Morgan fingerprint density at radius 3 is 2.59 bits per heavy atom. The number of ether oxygens (including phenoxy) is 2. The van der Waals surface area contributed by atoms with Crippen LogP contribution < -0.4 is 10.1 Å². The van der Waals surface area contributed by atoms with Crippen LogP contribution in [-0.4, -0.2) is 49.7 Å². The van der Waals surface area contributed by atoms with Crippen molar-refractivity contribution in [3.8, 4) is 5.75 Å². The second-order valence-electron chi connectivity index (χ2n) is 4.75. The molecule has 0 radical (unpaired) electrons. The molecule has 0 unspecified atom stereocenters. The Bertz CT molecular complexity index is 491. The number of aryl methyl sites for hydroxylation is 1. The van der Waals surface area contributed by atoms with Gasteiger partial charge in [-0.05, 0) is 32.0 Å². The van der Waals surface area contributed by atoms with Crippen molar-refractivity contribution < 1.29 is 19.1 Å². The molecular weight excluding hydrogens is 284 g/mol. The van der Waals surface area contributed by atoms with Crippen LogP contribution in [0.5, 0.6) is 5.75 Å². The zero-order chi connectivity index (χ0) is 16.4. The van der Waals surface area contributed by atoms with E-state index < -0.39 is 6.09 Å². The van der Waals surface area contributed by atoms with Crippen molar-refractivity contribution in [1.82, 2.24) is 10.2 Å². The average Bonchev–Trinajstić information content (AvgIpc) is 2.48. The second kappa shape index (κ2) is 9.78. The van der Waals surface area contributed by atoms with Crippen LogP contribution in [-0.2, 0) is 9.53 Å². The predicted molar refractivity (Wildman–Crippen MR) is 84.0 cm³/mol. The van der Waals surface area contributed by atoms with Crippen LogP contribution in [0.15, 0.2) is 24.3 Å². The Morgan fingerprint density at radius 1 is 1.23 bits per heavy atom. The van der Waals surface area contributed by atoms with Crippen LogP contribution >= 0.6 is 0 Å². The molecule has 6 nitrogen and oxygen atoms in total. The van der Waals surface area contributed by atoms with Crippen molar-refractivity contribution in [3.63, 3.8) is 0 Å². The average molecular weight is 308 g/mol. The van der Waals surface area contributed by atoms with Gasteiger partial charge < -0.3 is 9.47 Å².